The lowest BCUT2D eigenvalue weighted by Gasteiger charge is -2.36. The van der Waals surface area contributed by atoms with Crippen LogP contribution in [0.15, 0.2) is 48.5 Å². The molecule has 9 heteroatoms. The molecule has 1 saturated heterocycles. The Bertz CT molecular complexity index is 1050. The molecule has 1 N–H and O–H groups in total. The molecule has 0 aliphatic carbocycles. The fourth-order valence-electron chi connectivity index (χ4n) is 3.39. The summed E-state index contributed by atoms with van der Waals surface area (Å²) in [5.74, 6) is 2.23. The first-order valence-electron chi connectivity index (χ1n) is 9.93. The number of nitrogens with zero attached hydrogens (tertiary/aromatic N) is 5. The number of nitrogens with one attached hydrogen (secondary N) is 1. The number of aromatic nitrogens is 2. The van der Waals surface area contributed by atoms with Gasteiger partial charge in [0, 0.05) is 62.7 Å². The van der Waals surface area contributed by atoms with Gasteiger partial charge >= 0.3 is 0 Å². The molecule has 31 heavy (non-hydrogen) atoms. The van der Waals surface area contributed by atoms with Crippen LogP contribution in [0.1, 0.15) is 0 Å². The van der Waals surface area contributed by atoms with Crippen LogP contribution in [0.2, 0.25) is 15.1 Å². The highest BCUT2D eigenvalue weighted by molar-refractivity contribution is 6.42. The fourth-order valence-corrected chi connectivity index (χ4v) is 3.82. The summed E-state index contributed by atoms with van der Waals surface area (Å²) in [6, 6.07) is 15.3. The zero-order valence-corrected chi connectivity index (χ0v) is 19.6. The van der Waals surface area contributed by atoms with Crippen LogP contribution in [0, 0.1) is 0 Å². The molecule has 1 aliphatic heterocycles. The molecule has 0 unspecified atom stereocenters. The van der Waals surface area contributed by atoms with E-state index in [1.165, 1.54) is 5.69 Å². The van der Waals surface area contributed by atoms with Crippen molar-refractivity contribution in [3.05, 3.63) is 63.6 Å². The van der Waals surface area contributed by atoms with E-state index in [1.807, 2.05) is 43.3 Å². The molecule has 0 spiro atoms. The Labute approximate surface area is 197 Å². The van der Waals surface area contributed by atoms with Crippen LogP contribution >= 0.6 is 34.8 Å². The molecule has 0 saturated carbocycles. The Morgan fingerprint density at radius 1 is 0.806 bits per heavy atom. The lowest BCUT2D eigenvalue weighted by atomic mass is 10.2. The second-order valence-corrected chi connectivity index (χ2v) is 8.76. The average Bonchev–Trinajstić information content (AvgIpc) is 2.77. The third-order valence-corrected chi connectivity index (χ3v) is 6.10. The van der Waals surface area contributed by atoms with Crippen molar-refractivity contribution in [2.24, 2.45) is 0 Å². The molecule has 1 fully saturated rings. The van der Waals surface area contributed by atoms with Gasteiger partial charge in [0.1, 0.15) is 11.6 Å². The monoisotopic (exact) mass is 476 g/mol. The zero-order valence-electron chi connectivity index (χ0n) is 17.3. The van der Waals surface area contributed by atoms with Gasteiger partial charge in [-0.3, -0.25) is 0 Å². The van der Waals surface area contributed by atoms with Gasteiger partial charge in [-0.25, -0.2) is 0 Å². The van der Waals surface area contributed by atoms with Crippen molar-refractivity contribution in [1.29, 1.82) is 0 Å². The molecule has 162 valence electrons. The van der Waals surface area contributed by atoms with Crippen molar-refractivity contribution in [2.45, 2.75) is 0 Å². The van der Waals surface area contributed by atoms with E-state index in [-0.39, 0.29) is 0 Å². The topological polar surface area (TPSA) is 47.5 Å². The first-order valence-corrected chi connectivity index (χ1v) is 11.1. The molecule has 0 atom stereocenters. The second kappa shape index (κ2) is 9.39. The van der Waals surface area contributed by atoms with E-state index >= 15 is 0 Å². The Morgan fingerprint density at radius 3 is 2.13 bits per heavy atom. The van der Waals surface area contributed by atoms with Gasteiger partial charge in [-0.1, -0.05) is 34.8 Å². The van der Waals surface area contributed by atoms with Crippen LogP contribution in [0.5, 0.6) is 0 Å². The van der Waals surface area contributed by atoms with Gasteiger partial charge in [0.25, 0.3) is 0 Å². The smallest absolute Gasteiger partial charge is 0.229 e. The van der Waals surface area contributed by atoms with E-state index in [0.29, 0.717) is 21.8 Å². The van der Waals surface area contributed by atoms with E-state index in [0.717, 1.165) is 42.7 Å². The Balaban J connectivity index is 1.52. The molecule has 2 heterocycles. The van der Waals surface area contributed by atoms with E-state index in [4.69, 9.17) is 44.8 Å². The fraction of sp³-hybridized carbons (Fsp3) is 0.273. The van der Waals surface area contributed by atoms with Crippen LogP contribution in [0.4, 0.5) is 29.0 Å². The van der Waals surface area contributed by atoms with Crippen LogP contribution in [-0.2, 0) is 0 Å². The maximum atomic E-state index is 6.15. The Morgan fingerprint density at radius 2 is 1.48 bits per heavy atom. The summed E-state index contributed by atoms with van der Waals surface area (Å²) in [6.45, 7) is 3.41. The highest BCUT2D eigenvalue weighted by Gasteiger charge is 2.21. The molecular formula is C22H23Cl3N6. The number of benzene rings is 2. The van der Waals surface area contributed by atoms with Crippen molar-refractivity contribution in [2.75, 3.05) is 60.3 Å². The zero-order chi connectivity index (χ0) is 22.0. The number of hydrogen-bond donors (Lipinski definition) is 1. The Hall–Kier alpha value is -2.41. The van der Waals surface area contributed by atoms with Gasteiger partial charge in [-0.2, -0.15) is 9.97 Å². The highest BCUT2D eigenvalue weighted by atomic mass is 35.5. The van der Waals surface area contributed by atoms with Gasteiger partial charge in [-0.05, 0) is 42.5 Å². The molecule has 0 radical (unpaired) electrons. The van der Waals surface area contributed by atoms with Gasteiger partial charge in [-0.15, -0.1) is 0 Å². The van der Waals surface area contributed by atoms with Crippen molar-refractivity contribution in [3.8, 4) is 0 Å². The summed E-state index contributed by atoms with van der Waals surface area (Å²) in [7, 11) is 3.93. The summed E-state index contributed by atoms with van der Waals surface area (Å²) in [4.78, 5) is 16.0. The largest absolute Gasteiger partial charge is 0.368 e. The molecule has 3 aromatic rings. The van der Waals surface area contributed by atoms with E-state index in [9.17, 15) is 0 Å². The molecule has 4 rings (SSSR count). The number of rotatable bonds is 5. The molecule has 1 aromatic heterocycles. The highest BCUT2D eigenvalue weighted by Crippen LogP contribution is 2.28. The normalized spacial score (nSPS) is 14.0. The molecule has 1 aliphatic rings. The third kappa shape index (κ3) is 5.26. The van der Waals surface area contributed by atoms with Crippen LogP contribution in [0.3, 0.4) is 0 Å². The minimum Gasteiger partial charge on any atom is -0.368 e. The standard InChI is InChI=1S/C22H23Cl3N6/c1-29(2)21-14-20(26-16-5-8-18(24)19(25)13-16)27-22(28-21)31-11-9-30(10-12-31)17-6-3-15(23)4-7-17/h3-8,13-14H,9-12H2,1-2H3,(H,26,27,28). The van der Waals surface area contributed by atoms with Crippen molar-refractivity contribution in [1.82, 2.24) is 9.97 Å². The van der Waals surface area contributed by atoms with Crippen molar-refractivity contribution >= 4 is 63.8 Å². The van der Waals surface area contributed by atoms with E-state index in [2.05, 4.69) is 27.2 Å². The summed E-state index contributed by atoms with van der Waals surface area (Å²) in [5, 5.41) is 5.07. The predicted octanol–water partition coefficient (Wildman–Crippen LogP) is 5.57. The van der Waals surface area contributed by atoms with Crippen molar-refractivity contribution in [3.63, 3.8) is 0 Å². The van der Waals surface area contributed by atoms with Crippen LogP contribution < -0.4 is 20.0 Å². The maximum absolute atomic E-state index is 6.15. The Kier molecular flexibility index (Phi) is 6.60. The maximum Gasteiger partial charge on any atom is 0.229 e. The summed E-state index contributed by atoms with van der Waals surface area (Å²) in [5.41, 5.74) is 1.99. The van der Waals surface area contributed by atoms with Gasteiger partial charge < -0.3 is 20.0 Å². The minimum atomic E-state index is 0.493. The minimum absolute atomic E-state index is 0.493. The third-order valence-electron chi connectivity index (χ3n) is 5.11. The molecule has 2 aromatic carbocycles. The SMILES string of the molecule is CN(C)c1cc(Nc2ccc(Cl)c(Cl)c2)nc(N2CCN(c3ccc(Cl)cc3)CC2)n1. The number of halogens is 3. The quantitative estimate of drug-likeness (QED) is 0.518. The number of anilines is 5. The molecule has 6 nitrogen and oxygen atoms in total. The average molecular weight is 478 g/mol. The first kappa shape index (κ1) is 21.8. The number of piperazine rings is 1. The number of hydrogen-bond acceptors (Lipinski definition) is 6. The molecular weight excluding hydrogens is 455 g/mol. The molecule has 0 amide bonds. The van der Waals surface area contributed by atoms with E-state index < -0.39 is 0 Å². The lowest BCUT2D eigenvalue weighted by Crippen LogP contribution is -2.47. The summed E-state index contributed by atoms with van der Waals surface area (Å²) >= 11 is 18.2. The van der Waals surface area contributed by atoms with Crippen LogP contribution in [0.25, 0.3) is 0 Å². The van der Waals surface area contributed by atoms with Crippen molar-refractivity contribution < 1.29 is 0 Å². The lowest BCUT2D eigenvalue weighted by molar-refractivity contribution is 0.640. The summed E-state index contributed by atoms with van der Waals surface area (Å²) in [6.07, 6.45) is 0. The second-order valence-electron chi connectivity index (χ2n) is 7.51. The van der Waals surface area contributed by atoms with Gasteiger partial charge in [0.15, 0.2) is 0 Å². The first-order chi connectivity index (χ1) is 14.9. The van der Waals surface area contributed by atoms with Gasteiger partial charge in [0.05, 0.1) is 10.0 Å². The molecule has 0 bridgehead atoms. The van der Waals surface area contributed by atoms with Crippen LogP contribution in [-0.4, -0.2) is 50.2 Å². The van der Waals surface area contributed by atoms with Gasteiger partial charge in [0.2, 0.25) is 5.95 Å². The van der Waals surface area contributed by atoms with E-state index in [1.54, 1.807) is 12.1 Å². The predicted molar refractivity (Wildman–Crippen MR) is 132 cm³/mol. The summed E-state index contributed by atoms with van der Waals surface area (Å²) < 4.78 is 0.